The predicted molar refractivity (Wildman–Crippen MR) is 145 cm³/mol. The quantitative estimate of drug-likeness (QED) is 0.477. The zero-order chi connectivity index (χ0) is 27.1. The summed E-state index contributed by atoms with van der Waals surface area (Å²) in [5.74, 6) is 0.974. The SMILES string of the molecule is COc1ccc(C2=NN(C(=O)CN(CCN3CCOCC3)C(=O)C(C)C)C(c3ccccc3OC)C2)cc1. The Hall–Kier alpha value is -3.43. The van der Waals surface area contributed by atoms with Gasteiger partial charge in [-0.05, 0) is 35.9 Å². The number of hydrogen-bond acceptors (Lipinski definition) is 7. The van der Waals surface area contributed by atoms with Gasteiger partial charge in [-0.15, -0.1) is 0 Å². The highest BCUT2D eigenvalue weighted by molar-refractivity contribution is 6.03. The van der Waals surface area contributed by atoms with Crippen molar-refractivity contribution in [3.05, 3.63) is 59.7 Å². The molecule has 0 radical (unpaired) electrons. The Morgan fingerprint density at radius 3 is 2.42 bits per heavy atom. The molecule has 2 aliphatic heterocycles. The van der Waals surface area contributed by atoms with Gasteiger partial charge in [0.15, 0.2) is 0 Å². The largest absolute Gasteiger partial charge is 0.497 e. The molecular weight excluding hydrogens is 484 g/mol. The van der Waals surface area contributed by atoms with Crippen molar-refractivity contribution >= 4 is 17.5 Å². The lowest BCUT2D eigenvalue weighted by Crippen LogP contribution is -2.47. The van der Waals surface area contributed by atoms with Crippen molar-refractivity contribution in [2.45, 2.75) is 26.3 Å². The first kappa shape index (κ1) is 27.6. The lowest BCUT2D eigenvalue weighted by Gasteiger charge is -2.32. The van der Waals surface area contributed by atoms with Crippen molar-refractivity contribution in [3.63, 3.8) is 0 Å². The molecule has 1 saturated heterocycles. The molecule has 0 N–H and O–H groups in total. The van der Waals surface area contributed by atoms with Crippen LogP contribution < -0.4 is 9.47 Å². The molecule has 0 aliphatic carbocycles. The minimum atomic E-state index is -0.342. The van der Waals surface area contributed by atoms with Crippen LogP contribution in [0.3, 0.4) is 0 Å². The molecule has 0 saturated carbocycles. The van der Waals surface area contributed by atoms with E-state index in [1.165, 1.54) is 5.01 Å². The second-order valence-corrected chi connectivity index (χ2v) is 9.84. The van der Waals surface area contributed by atoms with Crippen LogP contribution in [0.1, 0.15) is 37.4 Å². The van der Waals surface area contributed by atoms with Crippen LogP contribution in [0, 0.1) is 5.92 Å². The molecule has 0 bridgehead atoms. The van der Waals surface area contributed by atoms with Gasteiger partial charge in [0.2, 0.25) is 5.91 Å². The van der Waals surface area contributed by atoms with E-state index in [4.69, 9.17) is 19.3 Å². The Morgan fingerprint density at radius 2 is 1.76 bits per heavy atom. The number of morpholine rings is 1. The molecule has 38 heavy (non-hydrogen) atoms. The fourth-order valence-electron chi connectivity index (χ4n) is 4.84. The minimum Gasteiger partial charge on any atom is -0.497 e. The lowest BCUT2D eigenvalue weighted by atomic mass is 9.97. The maximum atomic E-state index is 13.8. The number of carbonyl (C=O) groups is 2. The van der Waals surface area contributed by atoms with Crippen LogP contribution in [0.15, 0.2) is 53.6 Å². The third kappa shape index (κ3) is 6.52. The highest BCUT2D eigenvalue weighted by atomic mass is 16.5. The number of carbonyl (C=O) groups excluding carboxylic acids is 2. The molecule has 1 fully saturated rings. The standard InChI is InChI=1S/C29H38N4O5/c1-21(2)29(35)32(14-13-31-15-17-38-18-16-31)20-28(34)33-26(24-7-5-6-8-27(24)37-4)19-25(30-33)22-9-11-23(36-3)12-10-22/h5-12,21,26H,13-20H2,1-4H3. The summed E-state index contributed by atoms with van der Waals surface area (Å²) < 4.78 is 16.4. The van der Waals surface area contributed by atoms with E-state index >= 15 is 0 Å². The van der Waals surface area contributed by atoms with E-state index < -0.39 is 0 Å². The molecule has 1 atom stereocenters. The fraction of sp³-hybridized carbons (Fsp3) is 0.483. The average molecular weight is 523 g/mol. The van der Waals surface area contributed by atoms with E-state index in [1.54, 1.807) is 19.1 Å². The molecule has 0 spiro atoms. The maximum Gasteiger partial charge on any atom is 0.262 e. The summed E-state index contributed by atoms with van der Waals surface area (Å²) in [5, 5.41) is 6.33. The monoisotopic (exact) mass is 522 g/mol. The van der Waals surface area contributed by atoms with Crippen molar-refractivity contribution in [2.75, 3.05) is 60.2 Å². The lowest BCUT2D eigenvalue weighted by molar-refractivity contribution is -0.143. The highest BCUT2D eigenvalue weighted by Gasteiger charge is 2.36. The van der Waals surface area contributed by atoms with Gasteiger partial charge in [-0.25, -0.2) is 5.01 Å². The van der Waals surface area contributed by atoms with E-state index in [2.05, 4.69) is 4.90 Å². The van der Waals surface area contributed by atoms with Gasteiger partial charge in [0, 0.05) is 44.1 Å². The van der Waals surface area contributed by atoms with Crippen molar-refractivity contribution in [1.82, 2.24) is 14.8 Å². The fourth-order valence-corrected chi connectivity index (χ4v) is 4.84. The predicted octanol–water partition coefficient (Wildman–Crippen LogP) is 3.20. The molecule has 9 heteroatoms. The van der Waals surface area contributed by atoms with Crippen LogP contribution in [0.5, 0.6) is 11.5 Å². The number of ether oxygens (including phenoxy) is 3. The Balaban J connectivity index is 1.59. The van der Waals surface area contributed by atoms with Gasteiger partial charge < -0.3 is 19.1 Å². The normalized spacial score (nSPS) is 17.9. The number of benzene rings is 2. The third-order valence-electron chi connectivity index (χ3n) is 7.01. The molecule has 1 unspecified atom stereocenters. The van der Waals surface area contributed by atoms with Gasteiger partial charge in [0.05, 0.1) is 39.2 Å². The van der Waals surface area contributed by atoms with Crippen LogP contribution in [0.25, 0.3) is 0 Å². The summed E-state index contributed by atoms with van der Waals surface area (Å²) in [6, 6.07) is 15.0. The van der Waals surface area contributed by atoms with Gasteiger partial charge >= 0.3 is 0 Å². The van der Waals surface area contributed by atoms with Crippen molar-refractivity contribution in [3.8, 4) is 11.5 Å². The van der Waals surface area contributed by atoms with Crippen LogP contribution in [-0.4, -0.2) is 92.5 Å². The Kier molecular flexibility index (Phi) is 9.36. The number of rotatable bonds is 10. The van der Waals surface area contributed by atoms with Crippen LogP contribution in [0.4, 0.5) is 0 Å². The number of amides is 2. The molecule has 0 aromatic heterocycles. The first-order valence-electron chi connectivity index (χ1n) is 13.2. The first-order valence-corrected chi connectivity index (χ1v) is 13.2. The number of hydrogen-bond donors (Lipinski definition) is 0. The summed E-state index contributed by atoms with van der Waals surface area (Å²) in [7, 11) is 3.25. The molecule has 2 aliphatic rings. The number of hydrazone groups is 1. The second-order valence-electron chi connectivity index (χ2n) is 9.84. The van der Waals surface area contributed by atoms with Crippen molar-refractivity contribution in [2.24, 2.45) is 11.0 Å². The van der Waals surface area contributed by atoms with Crippen LogP contribution in [0.2, 0.25) is 0 Å². The van der Waals surface area contributed by atoms with E-state index in [0.717, 1.165) is 35.7 Å². The van der Waals surface area contributed by atoms with E-state index in [9.17, 15) is 9.59 Å². The molecule has 4 rings (SSSR count). The van der Waals surface area contributed by atoms with E-state index in [-0.39, 0.29) is 30.3 Å². The molecular formula is C29H38N4O5. The Labute approximate surface area is 224 Å². The summed E-state index contributed by atoms with van der Waals surface area (Å²) in [6.45, 7) is 7.90. The van der Waals surface area contributed by atoms with Crippen LogP contribution in [-0.2, 0) is 14.3 Å². The summed E-state index contributed by atoms with van der Waals surface area (Å²) in [5.41, 5.74) is 2.60. The highest BCUT2D eigenvalue weighted by Crippen LogP contribution is 2.37. The zero-order valence-electron chi connectivity index (χ0n) is 22.8. The van der Waals surface area contributed by atoms with Crippen LogP contribution >= 0.6 is 0 Å². The Morgan fingerprint density at radius 1 is 1.05 bits per heavy atom. The van der Waals surface area contributed by atoms with Crippen molar-refractivity contribution < 1.29 is 23.8 Å². The maximum absolute atomic E-state index is 13.8. The second kappa shape index (κ2) is 12.9. The van der Waals surface area contributed by atoms with Gasteiger partial charge in [0.25, 0.3) is 5.91 Å². The first-order chi connectivity index (χ1) is 18.4. The molecule has 2 amide bonds. The Bertz CT molecular complexity index is 1130. The number of methoxy groups -OCH3 is 2. The molecule has 2 aromatic rings. The number of para-hydroxylation sites is 1. The minimum absolute atomic E-state index is 0.0353. The summed E-state index contributed by atoms with van der Waals surface area (Å²) >= 11 is 0. The van der Waals surface area contributed by atoms with Gasteiger partial charge in [-0.1, -0.05) is 32.0 Å². The van der Waals surface area contributed by atoms with Gasteiger partial charge in [-0.3, -0.25) is 14.5 Å². The van der Waals surface area contributed by atoms with E-state index in [0.29, 0.717) is 38.5 Å². The van der Waals surface area contributed by atoms with Crippen molar-refractivity contribution in [1.29, 1.82) is 0 Å². The zero-order valence-corrected chi connectivity index (χ0v) is 22.8. The molecule has 9 nitrogen and oxygen atoms in total. The van der Waals surface area contributed by atoms with Gasteiger partial charge in [-0.2, -0.15) is 5.10 Å². The molecule has 2 heterocycles. The topological polar surface area (TPSA) is 83.9 Å². The summed E-state index contributed by atoms with van der Waals surface area (Å²) in [6.07, 6.45) is 0.532. The summed E-state index contributed by atoms with van der Waals surface area (Å²) in [4.78, 5) is 30.9. The number of nitrogens with zero attached hydrogens (tertiary/aromatic N) is 4. The van der Waals surface area contributed by atoms with E-state index in [1.807, 2.05) is 62.4 Å². The smallest absolute Gasteiger partial charge is 0.262 e. The average Bonchev–Trinajstić information content (AvgIpc) is 3.41. The third-order valence-corrected chi connectivity index (χ3v) is 7.01. The molecule has 2 aromatic carbocycles. The van der Waals surface area contributed by atoms with Gasteiger partial charge in [0.1, 0.15) is 18.0 Å². The molecule has 204 valence electrons.